The molecule has 86 valence electrons. The van der Waals surface area contributed by atoms with Gasteiger partial charge in [-0.1, -0.05) is 0 Å². The van der Waals surface area contributed by atoms with Crippen LogP contribution < -0.4 is 16.0 Å². The van der Waals surface area contributed by atoms with Crippen LogP contribution in [-0.2, 0) is 0 Å². The summed E-state index contributed by atoms with van der Waals surface area (Å²) < 4.78 is 0. The van der Waals surface area contributed by atoms with Gasteiger partial charge in [-0.25, -0.2) is 0 Å². The molecule has 0 aromatic rings. The molecule has 0 saturated heterocycles. The zero-order valence-electron chi connectivity index (χ0n) is 10.3. The minimum Gasteiger partial charge on any atom is -0.319 e. The summed E-state index contributed by atoms with van der Waals surface area (Å²) in [5.74, 6) is 0. The molecule has 0 atom stereocenters. The van der Waals surface area contributed by atoms with Gasteiger partial charge in [0.2, 0.25) is 0 Å². The molecule has 4 nitrogen and oxygen atoms in total. The van der Waals surface area contributed by atoms with E-state index in [-0.39, 0.29) is 5.41 Å². The van der Waals surface area contributed by atoms with Crippen molar-refractivity contribution in [1.29, 1.82) is 0 Å². The summed E-state index contributed by atoms with van der Waals surface area (Å²) >= 11 is 0. The summed E-state index contributed by atoms with van der Waals surface area (Å²) in [4.78, 5) is 2.24. The maximum absolute atomic E-state index is 3.28. The molecule has 0 aliphatic heterocycles. The highest BCUT2D eigenvalue weighted by Crippen LogP contribution is 2.14. The van der Waals surface area contributed by atoms with Gasteiger partial charge in [-0.05, 0) is 35.2 Å². The molecule has 0 fully saturated rings. The van der Waals surface area contributed by atoms with E-state index < -0.39 is 0 Å². The molecule has 0 aromatic heterocycles. The standard InChI is InChI=1S/C10H26N4/c1-11-6-10(7-12-2,8-13-3)9-14(4)5/h11-13H,6-9H2,1-5H3. The first-order valence-corrected chi connectivity index (χ1v) is 5.19. The maximum atomic E-state index is 3.28. The topological polar surface area (TPSA) is 39.3 Å². The normalized spacial score (nSPS) is 12.4. The van der Waals surface area contributed by atoms with Crippen molar-refractivity contribution in [3.8, 4) is 0 Å². The second-order valence-corrected chi connectivity index (χ2v) is 4.33. The molecule has 14 heavy (non-hydrogen) atoms. The Balaban J connectivity index is 4.37. The van der Waals surface area contributed by atoms with Crippen molar-refractivity contribution in [3.63, 3.8) is 0 Å². The molecule has 0 aromatic carbocycles. The molecule has 0 spiro atoms. The molecule has 0 aliphatic rings. The summed E-state index contributed by atoms with van der Waals surface area (Å²) in [5.41, 5.74) is 0.266. The number of rotatable bonds is 8. The van der Waals surface area contributed by atoms with Crippen molar-refractivity contribution < 1.29 is 0 Å². The fourth-order valence-corrected chi connectivity index (χ4v) is 2.15. The minimum absolute atomic E-state index is 0.266. The van der Waals surface area contributed by atoms with Crippen molar-refractivity contribution in [3.05, 3.63) is 0 Å². The van der Waals surface area contributed by atoms with Crippen molar-refractivity contribution in [2.24, 2.45) is 5.41 Å². The third-order valence-electron chi connectivity index (χ3n) is 2.31. The third-order valence-corrected chi connectivity index (χ3v) is 2.31. The Morgan fingerprint density at radius 2 is 1.21 bits per heavy atom. The van der Waals surface area contributed by atoms with Gasteiger partial charge in [0.15, 0.2) is 0 Å². The molecule has 0 amide bonds. The van der Waals surface area contributed by atoms with E-state index in [0.29, 0.717) is 0 Å². The van der Waals surface area contributed by atoms with Crippen LogP contribution in [0.3, 0.4) is 0 Å². The quantitative estimate of drug-likeness (QED) is 0.481. The van der Waals surface area contributed by atoms with Crippen LogP contribution in [0.15, 0.2) is 0 Å². The Morgan fingerprint density at radius 1 is 0.857 bits per heavy atom. The van der Waals surface area contributed by atoms with Gasteiger partial charge in [-0.2, -0.15) is 0 Å². The number of hydrogen-bond donors (Lipinski definition) is 3. The minimum atomic E-state index is 0.266. The number of nitrogens with one attached hydrogen (secondary N) is 3. The summed E-state index contributed by atoms with van der Waals surface area (Å²) in [6, 6.07) is 0. The lowest BCUT2D eigenvalue weighted by Crippen LogP contribution is -2.52. The van der Waals surface area contributed by atoms with Crippen LogP contribution in [0.25, 0.3) is 0 Å². The Kier molecular flexibility index (Phi) is 7.09. The van der Waals surface area contributed by atoms with Gasteiger partial charge in [-0.15, -0.1) is 0 Å². The van der Waals surface area contributed by atoms with E-state index in [1.165, 1.54) is 0 Å². The van der Waals surface area contributed by atoms with Crippen LogP contribution in [0.1, 0.15) is 0 Å². The summed E-state index contributed by atoms with van der Waals surface area (Å²) in [6.45, 7) is 4.14. The molecule has 0 radical (unpaired) electrons. The van der Waals surface area contributed by atoms with Crippen LogP contribution >= 0.6 is 0 Å². The molecule has 0 saturated carbocycles. The fourth-order valence-electron chi connectivity index (χ4n) is 2.15. The van der Waals surface area contributed by atoms with Gasteiger partial charge in [0, 0.05) is 31.6 Å². The predicted molar refractivity (Wildman–Crippen MR) is 62.8 cm³/mol. The van der Waals surface area contributed by atoms with E-state index in [4.69, 9.17) is 0 Å². The van der Waals surface area contributed by atoms with Crippen molar-refractivity contribution >= 4 is 0 Å². The molecule has 0 rings (SSSR count). The smallest absolute Gasteiger partial charge is 0.0204 e. The molecule has 0 unspecified atom stereocenters. The van der Waals surface area contributed by atoms with E-state index in [2.05, 4.69) is 34.9 Å². The molecule has 4 heteroatoms. The Labute approximate surface area is 88.4 Å². The van der Waals surface area contributed by atoms with Gasteiger partial charge in [0.05, 0.1) is 0 Å². The molecule has 0 aliphatic carbocycles. The first-order chi connectivity index (χ1) is 6.60. The largest absolute Gasteiger partial charge is 0.319 e. The molecular formula is C10H26N4. The van der Waals surface area contributed by atoms with Crippen LogP contribution in [0, 0.1) is 5.41 Å². The van der Waals surface area contributed by atoms with E-state index in [9.17, 15) is 0 Å². The SMILES string of the molecule is CNCC(CNC)(CNC)CN(C)C. The Bertz CT molecular complexity index is 119. The van der Waals surface area contributed by atoms with Crippen molar-refractivity contribution in [2.45, 2.75) is 0 Å². The summed E-state index contributed by atoms with van der Waals surface area (Å²) in [7, 11) is 10.3. The van der Waals surface area contributed by atoms with Crippen LogP contribution in [0.2, 0.25) is 0 Å². The van der Waals surface area contributed by atoms with Crippen LogP contribution in [-0.4, -0.2) is 66.3 Å². The van der Waals surface area contributed by atoms with Gasteiger partial charge >= 0.3 is 0 Å². The molecule has 3 N–H and O–H groups in total. The Morgan fingerprint density at radius 3 is 1.43 bits per heavy atom. The van der Waals surface area contributed by atoms with Crippen LogP contribution in [0.4, 0.5) is 0 Å². The second-order valence-electron chi connectivity index (χ2n) is 4.33. The van der Waals surface area contributed by atoms with Gasteiger partial charge < -0.3 is 20.9 Å². The lowest BCUT2D eigenvalue weighted by atomic mass is 9.87. The zero-order valence-corrected chi connectivity index (χ0v) is 10.3. The van der Waals surface area contributed by atoms with Crippen LogP contribution in [0.5, 0.6) is 0 Å². The monoisotopic (exact) mass is 202 g/mol. The zero-order chi connectivity index (χ0) is 11.0. The van der Waals surface area contributed by atoms with Crippen molar-refractivity contribution in [1.82, 2.24) is 20.9 Å². The van der Waals surface area contributed by atoms with Gasteiger partial charge in [0.25, 0.3) is 0 Å². The van der Waals surface area contributed by atoms with E-state index in [1.807, 2.05) is 21.1 Å². The highest BCUT2D eigenvalue weighted by molar-refractivity contribution is 4.87. The lowest BCUT2D eigenvalue weighted by Gasteiger charge is -2.36. The average Bonchev–Trinajstić information content (AvgIpc) is 2.03. The molecule has 0 heterocycles. The fraction of sp³-hybridized carbons (Fsp3) is 1.00. The lowest BCUT2D eigenvalue weighted by molar-refractivity contribution is 0.187. The number of hydrogen-bond acceptors (Lipinski definition) is 4. The van der Waals surface area contributed by atoms with Crippen molar-refractivity contribution in [2.75, 3.05) is 61.4 Å². The van der Waals surface area contributed by atoms with E-state index in [1.54, 1.807) is 0 Å². The van der Waals surface area contributed by atoms with Gasteiger partial charge in [-0.3, -0.25) is 0 Å². The van der Waals surface area contributed by atoms with E-state index >= 15 is 0 Å². The predicted octanol–water partition coefficient (Wildman–Crippen LogP) is -0.807. The number of nitrogens with zero attached hydrogens (tertiary/aromatic N) is 1. The molecule has 0 bridgehead atoms. The summed E-state index contributed by atoms with van der Waals surface area (Å²) in [6.07, 6.45) is 0. The maximum Gasteiger partial charge on any atom is 0.0204 e. The van der Waals surface area contributed by atoms with Gasteiger partial charge in [0.1, 0.15) is 0 Å². The third kappa shape index (κ3) is 4.91. The Hall–Kier alpha value is -0.160. The summed E-state index contributed by atoms with van der Waals surface area (Å²) in [5, 5.41) is 9.83. The highest BCUT2D eigenvalue weighted by atomic mass is 15.1. The first kappa shape index (κ1) is 13.8. The van der Waals surface area contributed by atoms with E-state index in [0.717, 1.165) is 26.2 Å². The highest BCUT2D eigenvalue weighted by Gasteiger charge is 2.28. The first-order valence-electron chi connectivity index (χ1n) is 5.19. The second kappa shape index (κ2) is 7.17. The average molecular weight is 202 g/mol. The molecular weight excluding hydrogens is 176 g/mol.